The van der Waals surface area contributed by atoms with Crippen LogP contribution in [-0.2, 0) is 0 Å². The summed E-state index contributed by atoms with van der Waals surface area (Å²) in [4.78, 5) is 20.8. The lowest BCUT2D eigenvalue weighted by Gasteiger charge is -2.27. The highest BCUT2D eigenvalue weighted by Crippen LogP contribution is 2.31. The van der Waals surface area contributed by atoms with Gasteiger partial charge in [-0.25, -0.2) is 14.2 Å². The molecule has 1 heterocycles. The lowest BCUT2D eigenvalue weighted by Crippen LogP contribution is -2.33. The summed E-state index contributed by atoms with van der Waals surface area (Å²) in [6.45, 7) is 1.94. The Bertz CT molecular complexity index is 1020. The van der Waals surface area contributed by atoms with Crippen LogP contribution in [0, 0.1) is 5.82 Å². The van der Waals surface area contributed by atoms with Gasteiger partial charge in [-0.3, -0.25) is 0 Å². The van der Waals surface area contributed by atoms with E-state index in [0.717, 1.165) is 22.2 Å². The molecule has 0 saturated heterocycles. The van der Waals surface area contributed by atoms with Crippen LogP contribution >= 0.6 is 11.6 Å². The number of aromatic nitrogens is 1. The van der Waals surface area contributed by atoms with E-state index in [2.05, 4.69) is 10.3 Å². The lowest BCUT2D eigenvalue weighted by molar-refractivity contribution is 0.208. The van der Waals surface area contributed by atoms with Crippen molar-refractivity contribution in [2.75, 3.05) is 31.4 Å². The van der Waals surface area contributed by atoms with Crippen LogP contribution in [0.2, 0.25) is 5.02 Å². The molecular weight excluding hydrogens is 379 g/mol. The average molecular weight is 401 g/mol. The van der Waals surface area contributed by atoms with Gasteiger partial charge in [0.05, 0.1) is 11.1 Å². The lowest BCUT2D eigenvalue weighted by atomic mass is 10.0. The number of carbonyl (C=O) groups is 1. The number of anilines is 2. The summed E-state index contributed by atoms with van der Waals surface area (Å²) >= 11 is 5.79. The summed E-state index contributed by atoms with van der Waals surface area (Å²) in [5.74, 6) is 0.347. The molecule has 3 rings (SSSR count). The Morgan fingerprint density at radius 2 is 1.82 bits per heavy atom. The summed E-state index contributed by atoms with van der Waals surface area (Å²) in [7, 11) is 5.61. The number of halogens is 2. The van der Waals surface area contributed by atoms with Gasteiger partial charge in [-0.1, -0.05) is 35.9 Å². The molecule has 0 aliphatic rings. The molecule has 146 valence electrons. The van der Waals surface area contributed by atoms with Crippen LogP contribution in [0.3, 0.4) is 0 Å². The summed E-state index contributed by atoms with van der Waals surface area (Å²) in [5.41, 5.74) is 1.37. The summed E-state index contributed by atoms with van der Waals surface area (Å²) < 4.78 is 13.3. The van der Waals surface area contributed by atoms with E-state index < -0.39 is 5.82 Å². The molecule has 7 heteroatoms. The van der Waals surface area contributed by atoms with Gasteiger partial charge in [0.25, 0.3) is 0 Å². The first-order valence-corrected chi connectivity index (χ1v) is 9.21. The first-order chi connectivity index (χ1) is 13.3. The number of hydrogen-bond donors (Lipinski definition) is 1. The number of nitrogens with one attached hydrogen (secondary N) is 1. The average Bonchev–Trinajstić information content (AvgIpc) is 2.68. The Balaban J connectivity index is 1.88. The number of amides is 2. The minimum absolute atomic E-state index is 0.0389. The smallest absolute Gasteiger partial charge is 0.322 e. The standard InChI is InChI=1S/C21H22ClFN4O/c1-13(27(4)21(28)25-14-9-10-19(23)18(22)11-14)17-12-24-20(26(2)3)16-8-6-5-7-15(16)17/h5-13H,1-4H3,(H,25,28)/t13-/m0/s1. The molecule has 3 aromatic rings. The maximum atomic E-state index is 13.3. The zero-order valence-corrected chi connectivity index (χ0v) is 17.0. The summed E-state index contributed by atoms with van der Waals surface area (Å²) in [5, 5.41) is 4.77. The zero-order valence-electron chi connectivity index (χ0n) is 16.2. The van der Waals surface area contributed by atoms with Crippen molar-refractivity contribution in [3.8, 4) is 0 Å². The molecule has 1 atom stereocenters. The monoisotopic (exact) mass is 400 g/mol. The summed E-state index contributed by atoms with van der Waals surface area (Å²) in [6.07, 6.45) is 1.81. The number of fused-ring (bicyclic) bond motifs is 1. The molecule has 0 unspecified atom stereocenters. The van der Waals surface area contributed by atoms with Crippen molar-refractivity contribution >= 4 is 39.9 Å². The second-order valence-electron chi connectivity index (χ2n) is 6.82. The highest BCUT2D eigenvalue weighted by atomic mass is 35.5. The van der Waals surface area contributed by atoms with Crippen molar-refractivity contribution in [1.82, 2.24) is 9.88 Å². The van der Waals surface area contributed by atoms with E-state index >= 15 is 0 Å². The number of carbonyl (C=O) groups excluding carboxylic acids is 1. The van der Waals surface area contributed by atoms with Gasteiger partial charge in [-0.05, 0) is 30.5 Å². The van der Waals surface area contributed by atoms with Crippen molar-refractivity contribution in [2.24, 2.45) is 0 Å². The maximum Gasteiger partial charge on any atom is 0.322 e. The van der Waals surface area contributed by atoms with Gasteiger partial charge in [-0.15, -0.1) is 0 Å². The first-order valence-electron chi connectivity index (χ1n) is 8.83. The van der Waals surface area contributed by atoms with Crippen LogP contribution in [0.5, 0.6) is 0 Å². The number of hydrogen-bond acceptors (Lipinski definition) is 3. The fraction of sp³-hybridized carbons (Fsp3) is 0.238. The van der Waals surface area contributed by atoms with E-state index in [1.165, 1.54) is 18.2 Å². The van der Waals surface area contributed by atoms with Crippen molar-refractivity contribution in [3.05, 3.63) is 65.1 Å². The second-order valence-corrected chi connectivity index (χ2v) is 7.23. The minimum Gasteiger partial charge on any atom is -0.362 e. The Morgan fingerprint density at radius 3 is 2.46 bits per heavy atom. The zero-order chi connectivity index (χ0) is 20.4. The molecule has 0 bridgehead atoms. The Kier molecular flexibility index (Phi) is 5.70. The molecule has 2 amide bonds. The molecule has 0 radical (unpaired) electrons. The van der Waals surface area contributed by atoms with Gasteiger partial charge >= 0.3 is 6.03 Å². The van der Waals surface area contributed by atoms with E-state index in [1.54, 1.807) is 18.1 Å². The van der Waals surface area contributed by atoms with Gasteiger partial charge in [0.2, 0.25) is 0 Å². The molecule has 28 heavy (non-hydrogen) atoms. The summed E-state index contributed by atoms with van der Waals surface area (Å²) in [6, 6.07) is 11.5. The minimum atomic E-state index is -0.528. The van der Waals surface area contributed by atoms with Crippen molar-refractivity contribution in [2.45, 2.75) is 13.0 Å². The SMILES string of the molecule is C[C@@H](c1cnc(N(C)C)c2ccccc12)N(C)C(=O)Nc1ccc(F)c(Cl)c1. The third-order valence-corrected chi connectivity index (χ3v) is 5.04. The largest absolute Gasteiger partial charge is 0.362 e. The van der Waals surface area contributed by atoms with Gasteiger partial charge in [0.15, 0.2) is 0 Å². The van der Waals surface area contributed by atoms with E-state index in [9.17, 15) is 9.18 Å². The van der Waals surface area contributed by atoms with Crippen LogP contribution in [0.4, 0.5) is 20.7 Å². The van der Waals surface area contributed by atoms with E-state index in [4.69, 9.17) is 11.6 Å². The third kappa shape index (κ3) is 3.87. The molecule has 1 N–H and O–H groups in total. The fourth-order valence-electron chi connectivity index (χ4n) is 3.06. The Labute approximate surface area is 168 Å². The van der Waals surface area contributed by atoms with Crippen LogP contribution in [-0.4, -0.2) is 37.1 Å². The Hall–Kier alpha value is -2.86. The maximum absolute atomic E-state index is 13.3. The molecular formula is C21H22ClFN4O. The molecule has 5 nitrogen and oxygen atoms in total. The van der Waals surface area contributed by atoms with Crippen LogP contribution in [0.15, 0.2) is 48.7 Å². The highest BCUT2D eigenvalue weighted by molar-refractivity contribution is 6.31. The van der Waals surface area contributed by atoms with Gasteiger partial charge in [-0.2, -0.15) is 0 Å². The highest BCUT2D eigenvalue weighted by Gasteiger charge is 2.21. The van der Waals surface area contributed by atoms with Gasteiger partial charge < -0.3 is 15.1 Å². The number of pyridine rings is 1. The van der Waals surface area contributed by atoms with Crippen molar-refractivity contribution < 1.29 is 9.18 Å². The van der Waals surface area contributed by atoms with E-state index in [1.807, 2.05) is 50.2 Å². The second kappa shape index (κ2) is 8.02. The molecule has 0 fully saturated rings. The molecule has 2 aromatic carbocycles. The number of benzene rings is 2. The van der Waals surface area contributed by atoms with Crippen LogP contribution in [0.25, 0.3) is 10.8 Å². The topological polar surface area (TPSA) is 48.5 Å². The van der Waals surface area contributed by atoms with E-state index in [-0.39, 0.29) is 17.1 Å². The first kappa shape index (κ1) is 19.9. The Morgan fingerprint density at radius 1 is 1.14 bits per heavy atom. The number of urea groups is 1. The molecule has 0 saturated carbocycles. The van der Waals surface area contributed by atoms with Crippen molar-refractivity contribution in [1.29, 1.82) is 0 Å². The fourth-order valence-corrected chi connectivity index (χ4v) is 3.24. The quantitative estimate of drug-likeness (QED) is 0.644. The van der Waals surface area contributed by atoms with Crippen molar-refractivity contribution in [3.63, 3.8) is 0 Å². The normalized spacial score (nSPS) is 11.9. The predicted octanol–water partition coefficient (Wildman–Crippen LogP) is 5.32. The van der Waals surface area contributed by atoms with Gasteiger partial charge in [0, 0.05) is 44.0 Å². The van der Waals surface area contributed by atoms with Crippen LogP contribution < -0.4 is 10.2 Å². The molecule has 0 aliphatic carbocycles. The molecule has 0 aliphatic heterocycles. The predicted molar refractivity (Wildman–Crippen MR) is 113 cm³/mol. The molecule has 1 aromatic heterocycles. The van der Waals surface area contributed by atoms with E-state index in [0.29, 0.717) is 5.69 Å². The third-order valence-electron chi connectivity index (χ3n) is 4.75. The molecule has 0 spiro atoms. The van der Waals surface area contributed by atoms with Crippen LogP contribution in [0.1, 0.15) is 18.5 Å². The number of rotatable bonds is 4. The number of nitrogens with zero attached hydrogens (tertiary/aromatic N) is 3. The van der Waals surface area contributed by atoms with Gasteiger partial charge in [0.1, 0.15) is 11.6 Å².